The zero-order valence-corrected chi connectivity index (χ0v) is 12.9. The fraction of sp³-hybridized carbons (Fsp3) is 0.529. The summed E-state index contributed by atoms with van der Waals surface area (Å²) in [6, 6.07) is 10.6. The summed E-state index contributed by atoms with van der Waals surface area (Å²) < 4.78 is 5.89. The number of likely N-dealkylation sites (N-methyl/N-ethyl adjacent to an activating group) is 1. The van der Waals surface area contributed by atoms with E-state index in [9.17, 15) is 0 Å². The lowest BCUT2D eigenvalue weighted by Crippen LogP contribution is -2.33. The number of furan rings is 1. The smallest absolute Gasteiger partial charge is 0.134 e. The number of para-hydroxylation sites is 1. The first-order valence-corrected chi connectivity index (χ1v) is 7.68. The van der Waals surface area contributed by atoms with E-state index in [0.29, 0.717) is 0 Å². The van der Waals surface area contributed by atoms with Gasteiger partial charge >= 0.3 is 0 Å². The summed E-state index contributed by atoms with van der Waals surface area (Å²) in [5.41, 5.74) is 0.970. The van der Waals surface area contributed by atoms with Crippen molar-refractivity contribution >= 4 is 11.0 Å². The summed E-state index contributed by atoms with van der Waals surface area (Å²) in [5.74, 6) is 1.02. The molecule has 2 aromatic rings. The SMILES string of the molecule is CCCN(CC)CCNC(C)c1cc2ccccc2o1. The second kappa shape index (κ2) is 7.46. The van der Waals surface area contributed by atoms with E-state index in [1.807, 2.05) is 18.2 Å². The normalized spacial score (nSPS) is 13.2. The molecular formula is C17H26N2O. The van der Waals surface area contributed by atoms with E-state index >= 15 is 0 Å². The molecule has 20 heavy (non-hydrogen) atoms. The van der Waals surface area contributed by atoms with E-state index in [-0.39, 0.29) is 6.04 Å². The van der Waals surface area contributed by atoms with Gasteiger partial charge in [0.15, 0.2) is 0 Å². The van der Waals surface area contributed by atoms with Crippen LogP contribution in [0.5, 0.6) is 0 Å². The zero-order chi connectivity index (χ0) is 14.4. The Hall–Kier alpha value is -1.32. The minimum atomic E-state index is 0.253. The maximum atomic E-state index is 5.89. The summed E-state index contributed by atoms with van der Waals surface area (Å²) in [6.45, 7) is 11.0. The van der Waals surface area contributed by atoms with Crippen LogP contribution in [0, 0.1) is 0 Å². The van der Waals surface area contributed by atoms with Crippen LogP contribution in [0.15, 0.2) is 34.7 Å². The van der Waals surface area contributed by atoms with Gasteiger partial charge in [0.2, 0.25) is 0 Å². The number of rotatable bonds is 8. The van der Waals surface area contributed by atoms with Gasteiger partial charge in [0.1, 0.15) is 11.3 Å². The molecule has 3 nitrogen and oxygen atoms in total. The summed E-state index contributed by atoms with van der Waals surface area (Å²) in [7, 11) is 0. The van der Waals surface area contributed by atoms with Gasteiger partial charge in [-0.3, -0.25) is 0 Å². The number of hydrogen-bond donors (Lipinski definition) is 1. The molecular weight excluding hydrogens is 248 g/mol. The van der Waals surface area contributed by atoms with Crippen LogP contribution in [0.2, 0.25) is 0 Å². The number of nitrogens with one attached hydrogen (secondary N) is 1. The van der Waals surface area contributed by atoms with Crippen LogP contribution in [0.25, 0.3) is 11.0 Å². The van der Waals surface area contributed by atoms with Crippen molar-refractivity contribution in [2.24, 2.45) is 0 Å². The van der Waals surface area contributed by atoms with Gasteiger partial charge in [0.05, 0.1) is 6.04 Å². The lowest BCUT2D eigenvalue weighted by molar-refractivity contribution is 0.281. The molecule has 0 saturated heterocycles. The lowest BCUT2D eigenvalue weighted by Gasteiger charge is -2.20. The molecule has 1 aromatic heterocycles. The molecule has 0 aliphatic rings. The zero-order valence-electron chi connectivity index (χ0n) is 12.9. The van der Waals surface area contributed by atoms with Crippen LogP contribution in [0.4, 0.5) is 0 Å². The van der Waals surface area contributed by atoms with Crippen LogP contribution >= 0.6 is 0 Å². The molecule has 0 fully saturated rings. The Balaban J connectivity index is 1.86. The summed E-state index contributed by atoms with van der Waals surface area (Å²) in [5, 5.41) is 4.73. The van der Waals surface area contributed by atoms with Gasteiger partial charge in [0, 0.05) is 18.5 Å². The maximum Gasteiger partial charge on any atom is 0.134 e. The van der Waals surface area contributed by atoms with Crippen molar-refractivity contribution < 1.29 is 4.42 Å². The second-order valence-corrected chi connectivity index (χ2v) is 5.30. The number of benzene rings is 1. The molecule has 0 bridgehead atoms. The van der Waals surface area contributed by atoms with Crippen LogP contribution in [-0.4, -0.2) is 31.1 Å². The second-order valence-electron chi connectivity index (χ2n) is 5.30. The van der Waals surface area contributed by atoms with E-state index in [4.69, 9.17) is 4.42 Å². The van der Waals surface area contributed by atoms with Crippen LogP contribution < -0.4 is 5.32 Å². The molecule has 0 amide bonds. The standard InChI is InChI=1S/C17H26N2O/c1-4-11-19(5-2)12-10-18-14(3)17-13-15-8-6-7-9-16(15)20-17/h6-9,13-14,18H,4-5,10-12H2,1-3H3. The van der Waals surface area contributed by atoms with Crippen LogP contribution in [-0.2, 0) is 0 Å². The Morgan fingerprint density at radius 2 is 2.00 bits per heavy atom. The summed E-state index contributed by atoms with van der Waals surface area (Å²) >= 11 is 0. The Kier molecular flexibility index (Phi) is 5.62. The lowest BCUT2D eigenvalue weighted by atomic mass is 10.2. The first-order valence-electron chi connectivity index (χ1n) is 7.68. The summed E-state index contributed by atoms with van der Waals surface area (Å²) in [4.78, 5) is 2.47. The number of hydrogen-bond acceptors (Lipinski definition) is 3. The Morgan fingerprint density at radius 3 is 2.70 bits per heavy atom. The molecule has 2 rings (SSSR count). The van der Waals surface area contributed by atoms with Gasteiger partial charge in [0.25, 0.3) is 0 Å². The molecule has 0 aliphatic heterocycles. The van der Waals surface area contributed by atoms with Crippen molar-refractivity contribution in [3.63, 3.8) is 0 Å². The quantitative estimate of drug-likeness (QED) is 0.793. The molecule has 110 valence electrons. The van der Waals surface area contributed by atoms with E-state index in [1.165, 1.54) is 18.4 Å². The highest BCUT2D eigenvalue weighted by Gasteiger charge is 2.11. The third-order valence-electron chi connectivity index (χ3n) is 3.74. The van der Waals surface area contributed by atoms with Gasteiger partial charge in [-0.25, -0.2) is 0 Å². The molecule has 0 radical (unpaired) electrons. The van der Waals surface area contributed by atoms with Crippen molar-refractivity contribution in [1.29, 1.82) is 0 Å². The van der Waals surface area contributed by atoms with E-state index in [0.717, 1.165) is 31.0 Å². The van der Waals surface area contributed by atoms with Gasteiger partial charge in [-0.1, -0.05) is 32.0 Å². The van der Waals surface area contributed by atoms with Crippen molar-refractivity contribution in [1.82, 2.24) is 10.2 Å². The number of fused-ring (bicyclic) bond motifs is 1. The highest BCUT2D eigenvalue weighted by molar-refractivity contribution is 5.77. The Labute approximate surface area is 122 Å². The monoisotopic (exact) mass is 274 g/mol. The fourth-order valence-electron chi connectivity index (χ4n) is 2.50. The maximum absolute atomic E-state index is 5.89. The van der Waals surface area contributed by atoms with Crippen molar-refractivity contribution in [3.05, 3.63) is 36.1 Å². The highest BCUT2D eigenvalue weighted by Crippen LogP contribution is 2.23. The molecule has 0 saturated carbocycles. The van der Waals surface area contributed by atoms with E-state index in [1.54, 1.807) is 0 Å². The first kappa shape index (κ1) is 15.1. The molecule has 3 heteroatoms. The van der Waals surface area contributed by atoms with Crippen molar-refractivity contribution in [2.45, 2.75) is 33.2 Å². The van der Waals surface area contributed by atoms with E-state index < -0.39 is 0 Å². The minimum absolute atomic E-state index is 0.253. The molecule has 1 aromatic carbocycles. The third-order valence-corrected chi connectivity index (χ3v) is 3.74. The van der Waals surface area contributed by atoms with Crippen LogP contribution in [0.1, 0.15) is 39.0 Å². The third kappa shape index (κ3) is 3.84. The summed E-state index contributed by atoms with van der Waals surface area (Å²) in [6.07, 6.45) is 1.22. The minimum Gasteiger partial charge on any atom is -0.459 e. The predicted octanol–water partition coefficient (Wildman–Crippen LogP) is 3.82. The predicted molar refractivity (Wildman–Crippen MR) is 85.0 cm³/mol. The Bertz CT molecular complexity index is 487. The van der Waals surface area contributed by atoms with Crippen LogP contribution in [0.3, 0.4) is 0 Å². The molecule has 1 atom stereocenters. The van der Waals surface area contributed by atoms with Crippen molar-refractivity contribution in [2.75, 3.05) is 26.2 Å². The molecule has 1 unspecified atom stereocenters. The molecule has 0 spiro atoms. The highest BCUT2D eigenvalue weighted by atomic mass is 16.3. The van der Waals surface area contributed by atoms with Crippen molar-refractivity contribution in [3.8, 4) is 0 Å². The van der Waals surface area contributed by atoms with Gasteiger partial charge in [-0.05, 0) is 38.6 Å². The largest absolute Gasteiger partial charge is 0.459 e. The Morgan fingerprint density at radius 1 is 1.20 bits per heavy atom. The topological polar surface area (TPSA) is 28.4 Å². The first-order chi connectivity index (χ1) is 9.74. The molecule has 1 heterocycles. The average Bonchev–Trinajstić information content (AvgIpc) is 2.90. The van der Waals surface area contributed by atoms with Gasteiger partial charge in [-0.15, -0.1) is 0 Å². The van der Waals surface area contributed by atoms with Gasteiger partial charge in [-0.2, -0.15) is 0 Å². The fourth-order valence-corrected chi connectivity index (χ4v) is 2.50. The van der Waals surface area contributed by atoms with Gasteiger partial charge < -0.3 is 14.6 Å². The molecule has 1 N–H and O–H groups in total. The number of nitrogens with zero attached hydrogens (tertiary/aromatic N) is 1. The average molecular weight is 274 g/mol. The van der Waals surface area contributed by atoms with E-state index in [2.05, 4.69) is 43.1 Å². The molecule has 0 aliphatic carbocycles.